The third kappa shape index (κ3) is 3.62. The molecule has 1 atom stereocenters. The number of carbonyl (C=O) groups is 1. The number of thiocarbonyl (C=S) groups is 1. The summed E-state index contributed by atoms with van der Waals surface area (Å²) in [6.07, 6.45) is 1.87. The second-order valence-electron chi connectivity index (χ2n) is 2.81. The van der Waals surface area contributed by atoms with Crippen LogP contribution in [0.2, 0.25) is 0 Å². The number of hydrogen-bond acceptors (Lipinski definition) is 4. The minimum absolute atomic E-state index is 0.327. The normalized spacial score (nSPS) is 11.8. The number of hydrogen-bond donors (Lipinski definition) is 0. The summed E-state index contributed by atoms with van der Waals surface area (Å²) in [5.41, 5.74) is 0.861. The second kappa shape index (κ2) is 5.44. The van der Waals surface area contributed by atoms with Gasteiger partial charge < -0.3 is 4.74 Å². The van der Waals surface area contributed by atoms with E-state index >= 15 is 0 Å². The molecule has 1 rings (SSSR count). The zero-order valence-electron chi connectivity index (χ0n) is 7.84. The molecule has 0 saturated heterocycles. The van der Waals surface area contributed by atoms with Crippen LogP contribution >= 0.6 is 12.2 Å². The van der Waals surface area contributed by atoms with E-state index in [1.165, 1.54) is 12.3 Å². The third-order valence-corrected chi connectivity index (χ3v) is 1.91. The maximum Gasteiger partial charge on any atom is 0.303 e. The third-order valence-electron chi connectivity index (χ3n) is 1.61. The standard InChI is InChI=1S/C10H11NO2S/c1-8(12)13-10(7-14)6-9-4-2-3-5-11-9/h2-5,7,10H,6H2,1H3. The first-order valence-electron chi connectivity index (χ1n) is 4.25. The number of ether oxygens (including phenoxy) is 1. The number of pyridine rings is 1. The smallest absolute Gasteiger partial charge is 0.303 e. The summed E-state index contributed by atoms with van der Waals surface area (Å²) >= 11 is 4.76. The quantitative estimate of drug-likeness (QED) is 0.557. The van der Waals surface area contributed by atoms with Crippen LogP contribution in [0.5, 0.6) is 0 Å². The first-order chi connectivity index (χ1) is 6.72. The maximum absolute atomic E-state index is 10.7. The van der Waals surface area contributed by atoms with Gasteiger partial charge in [-0.25, -0.2) is 0 Å². The van der Waals surface area contributed by atoms with Gasteiger partial charge in [-0.05, 0) is 12.1 Å². The average molecular weight is 209 g/mol. The maximum atomic E-state index is 10.7. The van der Waals surface area contributed by atoms with Crippen LogP contribution in [0.1, 0.15) is 12.6 Å². The molecule has 0 N–H and O–H groups in total. The lowest BCUT2D eigenvalue weighted by Crippen LogP contribution is -2.20. The van der Waals surface area contributed by atoms with Crippen LogP contribution in [-0.2, 0) is 16.0 Å². The number of rotatable bonds is 4. The predicted octanol–water partition coefficient (Wildman–Crippen LogP) is 1.56. The van der Waals surface area contributed by atoms with Gasteiger partial charge in [0.05, 0.1) is 0 Å². The molecule has 0 aromatic carbocycles. The highest BCUT2D eigenvalue weighted by molar-refractivity contribution is 7.79. The lowest BCUT2D eigenvalue weighted by Gasteiger charge is -2.10. The van der Waals surface area contributed by atoms with Crippen LogP contribution < -0.4 is 0 Å². The van der Waals surface area contributed by atoms with Gasteiger partial charge in [-0.3, -0.25) is 9.78 Å². The van der Waals surface area contributed by atoms with Crippen molar-refractivity contribution in [1.29, 1.82) is 0 Å². The van der Waals surface area contributed by atoms with Gasteiger partial charge in [0.1, 0.15) is 6.10 Å². The van der Waals surface area contributed by atoms with E-state index in [0.29, 0.717) is 6.42 Å². The number of nitrogens with zero attached hydrogens (tertiary/aromatic N) is 1. The Morgan fingerprint density at radius 1 is 1.71 bits per heavy atom. The van der Waals surface area contributed by atoms with E-state index in [0.717, 1.165) is 5.69 Å². The molecular weight excluding hydrogens is 198 g/mol. The molecule has 74 valence electrons. The Labute approximate surface area is 88.1 Å². The van der Waals surface area contributed by atoms with Crippen LogP contribution in [0.25, 0.3) is 0 Å². The zero-order valence-corrected chi connectivity index (χ0v) is 8.66. The van der Waals surface area contributed by atoms with Gasteiger partial charge >= 0.3 is 5.97 Å². The Bertz CT molecular complexity index is 313. The van der Waals surface area contributed by atoms with Crippen molar-refractivity contribution in [3.63, 3.8) is 0 Å². The van der Waals surface area contributed by atoms with E-state index < -0.39 is 0 Å². The predicted molar refractivity (Wildman–Crippen MR) is 57.2 cm³/mol. The van der Waals surface area contributed by atoms with E-state index in [1.807, 2.05) is 18.2 Å². The van der Waals surface area contributed by atoms with Crippen LogP contribution in [0.15, 0.2) is 24.4 Å². The lowest BCUT2D eigenvalue weighted by molar-refractivity contribution is -0.143. The van der Waals surface area contributed by atoms with Crippen molar-refractivity contribution in [3.05, 3.63) is 30.1 Å². The van der Waals surface area contributed by atoms with Crippen molar-refractivity contribution in [2.45, 2.75) is 19.4 Å². The zero-order chi connectivity index (χ0) is 10.4. The molecule has 0 radical (unpaired) electrons. The molecule has 14 heavy (non-hydrogen) atoms. The molecule has 0 aliphatic rings. The summed E-state index contributed by atoms with van der Waals surface area (Å²) < 4.78 is 4.96. The molecule has 0 aliphatic heterocycles. The molecule has 3 nitrogen and oxygen atoms in total. The summed E-state index contributed by atoms with van der Waals surface area (Å²) in [7, 11) is 0. The first kappa shape index (κ1) is 10.8. The van der Waals surface area contributed by atoms with Crippen LogP contribution in [0.4, 0.5) is 0 Å². The molecule has 0 amide bonds. The molecule has 4 heteroatoms. The van der Waals surface area contributed by atoms with Crippen molar-refractivity contribution in [3.8, 4) is 0 Å². The Morgan fingerprint density at radius 3 is 3.00 bits per heavy atom. The van der Waals surface area contributed by atoms with Gasteiger partial charge in [0, 0.05) is 30.6 Å². The molecule has 1 heterocycles. The Hall–Kier alpha value is -1.29. The molecule has 0 aliphatic carbocycles. The van der Waals surface area contributed by atoms with Crippen molar-refractivity contribution in [1.82, 2.24) is 4.98 Å². The van der Waals surface area contributed by atoms with Crippen LogP contribution in [0.3, 0.4) is 0 Å². The first-order valence-corrected chi connectivity index (χ1v) is 4.72. The van der Waals surface area contributed by atoms with E-state index in [9.17, 15) is 4.79 Å². The molecule has 0 fully saturated rings. The van der Waals surface area contributed by atoms with Gasteiger partial charge in [-0.1, -0.05) is 18.3 Å². The summed E-state index contributed by atoms with van der Waals surface area (Å²) in [4.78, 5) is 14.8. The largest absolute Gasteiger partial charge is 0.457 e. The fourth-order valence-electron chi connectivity index (χ4n) is 1.06. The van der Waals surface area contributed by atoms with Gasteiger partial charge in [0.2, 0.25) is 0 Å². The molecule has 0 bridgehead atoms. The Balaban J connectivity index is 2.57. The number of esters is 1. The number of aromatic nitrogens is 1. The highest BCUT2D eigenvalue weighted by atomic mass is 32.1. The Kier molecular flexibility index (Phi) is 4.19. The fourth-order valence-corrected chi connectivity index (χ4v) is 1.21. The van der Waals surface area contributed by atoms with Crippen molar-refractivity contribution in [2.75, 3.05) is 0 Å². The topological polar surface area (TPSA) is 39.2 Å². The van der Waals surface area contributed by atoms with E-state index in [4.69, 9.17) is 17.0 Å². The highest BCUT2D eigenvalue weighted by Crippen LogP contribution is 2.01. The highest BCUT2D eigenvalue weighted by Gasteiger charge is 2.09. The SMILES string of the molecule is CC(=O)OC(C=S)Cc1ccccn1. The molecule has 0 spiro atoms. The van der Waals surface area contributed by atoms with Gasteiger partial charge in [-0.15, -0.1) is 0 Å². The summed E-state index contributed by atoms with van der Waals surface area (Å²) in [6.45, 7) is 1.37. The van der Waals surface area contributed by atoms with Crippen molar-refractivity contribution in [2.24, 2.45) is 0 Å². The molecular formula is C10H11NO2S. The van der Waals surface area contributed by atoms with Gasteiger partial charge in [-0.2, -0.15) is 0 Å². The van der Waals surface area contributed by atoms with E-state index in [-0.39, 0.29) is 12.1 Å². The van der Waals surface area contributed by atoms with Gasteiger partial charge in [0.25, 0.3) is 0 Å². The summed E-state index contributed by atoms with van der Waals surface area (Å²) in [5.74, 6) is -0.327. The van der Waals surface area contributed by atoms with E-state index in [2.05, 4.69) is 4.98 Å². The number of carbonyl (C=O) groups excluding carboxylic acids is 1. The summed E-state index contributed by atoms with van der Waals surface area (Å²) in [5, 5.41) is 1.44. The van der Waals surface area contributed by atoms with Crippen LogP contribution in [0, 0.1) is 0 Å². The second-order valence-corrected chi connectivity index (χ2v) is 3.08. The molecule has 1 unspecified atom stereocenters. The van der Waals surface area contributed by atoms with Crippen molar-refractivity contribution < 1.29 is 9.53 Å². The van der Waals surface area contributed by atoms with E-state index in [1.54, 1.807) is 6.20 Å². The molecule has 1 aromatic rings. The monoisotopic (exact) mass is 209 g/mol. The Morgan fingerprint density at radius 2 is 2.50 bits per heavy atom. The van der Waals surface area contributed by atoms with Crippen LogP contribution in [-0.4, -0.2) is 22.4 Å². The summed E-state index contributed by atoms with van der Waals surface area (Å²) in [6, 6.07) is 5.59. The van der Waals surface area contributed by atoms with Gasteiger partial charge in [0.15, 0.2) is 0 Å². The molecule has 1 aromatic heterocycles. The lowest BCUT2D eigenvalue weighted by atomic mass is 10.2. The average Bonchev–Trinajstić information content (AvgIpc) is 2.17. The fraction of sp³-hybridized carbons (Fsp3) is 0.300. The van der Waals surface area contributed by atoms with Crippen molar-refractivity contribution >= 4 is 23.6 Å². The minimum Gasteiger partial charge on any atom is -0.457 e. The minimum atomic E-state index is -0.364. The molecule has 0 saturated carbocycles.